The van der Waals surface area contributed by atoms with Gasteiger partial charge in [-0.2, -0.15) is 0 Å². The van der Waals surface area contributed by atoms with Crippen molar-refractivity contribution < 1.29 is 4.74 Å². The third kappa shape index (κ3) is 3.64. The van der Waals surface area contributed by atoms with Crippen LogP contribution >= 0.6 is 22.7 Å². The molecule has 0 aliphatic heterocycles. The van der Waals surface area contributed by atoms with Crippen LogP contribution < -0.4 is 10.1 Å². The largest absolute Gasteiger partial charge is 0.485 e. The summed E-state index contributed by atoms with van der Waals surface area (Å²) in [6.45, 7) is 5.33. The first-order chi connectivity index (χ1) is 10.7. The van der Waals surface area contributed by atoms with Gasteiger partial charge in [0.2, 0.25) is 0 Å². The smallest absolute Gasteiger partial charge is 0.142 e. The maximum absolute atomic E-state index is 5.87. The average molecular weight is 331 g/mol. The van der Waals surface area contributed by atoms with Crippen LogP contribution in [0, 0.1) is 13.8 Å². The fourth-order valence-corrected chi connectivity index (χ4v) is 3.53. The molecule has 0 amide bonds. The van der Waals surface area contributed by atoms with E-state index in [0.717, 1.165) is 34.4 Å². The number of hydrogen-bond donors (Lipinski definition) is 1. The molecular formula is C16H17N3OS2. The Morgan fingerprint density at radius 3 is 2.82 bits per heavy atom. The van der Waals surface area contributed by atoms with E-state index in [1.54, 1.807) is 22.7 Å². The first-order valence-electron chi connectivity index (χ1n) is 6.98. The van der Waals surface area contributed by atoms with Gasteiger partial charge in [-0.25, -0.2) is 9.97 Å². The van der Waals surface area contributed by atoms with E-state index >= 15 is 0 Å². The highest BCUT2D eigenvalue weighted by atomic mass is 32.1. The van der Waals surface area contributed by atoms with E-state index < -0.39 is 0 Å². The number of rotatable bonds is 6. The SMILES string of the molecule is Cc1nc(C)c(CNc2ccccc2OCc2cscn2)s1. The van der Waals surface area contributed by atoms with Crippen LogP contribution in [0.5, 0.6) is 5.75 Å². The fourth-order valence-electron chi connectivity index (χ4n) is 2.11. The lowest BCUT2D eigenvalue weighted by molar-refractivity contribution is 0.303. The summed E-state index contributed by atoms with van der Waals surface area (Å²) in [6.07, 6.45) is 0. The first-order valence-corrected chi connectivity index (χ1v) is 8.74. The van der Waals surface area contributed by atoms with Crippen molar-refractivity contribution in [2.24, 2.45) is 0 Å². The van der Waals surface area contributed by atoms with Gasteiger partial charge in [0.1, 0.15) is 12.4 Å². The molecule has 0 spiro atoms. The lowest BCUT2D eigenvalue weighted by Crippen LogP contribution is -2.03. The number of benzene rings is 1. The van der Waals surface area contributed by atoms with Crippen LogP contribution in [0.2, 0.25) is 0 Å². The summed E-state index contributed by atoms with van der Waals surface area (Å²) < 4.78 is 5.87. The van der Waals surface area contributed by atoms with Crippen molar-refractivity contribution in [1.82, 2.24) is 9.97 Å². The van der Waals surface area contributed by atoms with Gasteiger partial charge in [-0.1, -0.05) is 12.1 Å². The second-order valence-corrected chi connectivity index (χ2v) is 6.87. The molecule has 0 atom stereocenters. The van der Waals surface area contributed by atoms with Crippen LogP contribution in [0.4, 0.5) is 5.69 Å². The molecule has 0 saturated heterocycles. The average Bonchev–Trinajstić information content (AvgIpc) is 3.13. The van der Waals surface area contributed by atoms with E-state index in [1.807, 2.05) is 49.0 Å². The predicted molar refractivity (Wildman–Crippen MR) is 91.8 cm³/mol. The quantitative estimate of drug-likeness (QED) is 0.727. The van der Waals surface area contributed by atoms with E-state index in [2.05, 4.69) is 15.3 Å². The van der Waals surface area contributed by atoms with Crippen molar-refractivity contribution in [2.75, 3.05) is 5.32 Å². The molecular weight excluding hydrogens is 314 g/mol. The minimum atomic E-state index is 0.487. The molecule has 0 aliphatic rings. The topological polar surface area (TPSA) is 47.0 Å². The summed E-state index contributed by atoms with van der Waals surface area (Å²) in [5.41, 5.74) is 4.85. The maximum Gasteiger partial charge on any atom is 0.142 e. The molecule has 1 aromatic carbocycles. The molecule has 3 rings (SSSR count). The van der Waals surface area contributed by atoms with E-state index in [-0.39, 0.29) is 0 Å². The standard InChI is InChI=1S/C16H17N3OS2/c1-11-16(22-12(2)19-11)7-17-14-5-3-4-6-15(14)20-8-13-9-21-10-18-13/h3-6,9-10,17H,7-8H2,1-2H3. The van der Waals surface area contributed by atoms with Gasteiger partial charge in [0, 0.05) is 10.3 Å². The second kappa shape index (κ2) is 6.89. The molecule has 22 heavy (non-hydrogen) atoms. The molecule has 0 bridgehead atoms. The Balaban J connectivity index is 1.67. The number of aryl methyl sites for hydroxylation is 2. The number of para-hydroxylation sites is 2. The normalized spacial score (nSPS) is 10.6. The number of nitrogens with zero attached hydrogens (tertiary/aromatic N) is 2. The van der Waals surface area contributed by atoms with Gasteiger partial charge in [-0.3, -0.25) is 0 Å². The van der Waals surface area contributed by atoms with Crippen LogP contribution in [0.3, 0.4) is 0 Å². The van der Waals surface area contributed by atoms with Crippen molar-refractivity contribution in [1.29, 1.82) is 0 Å². The summed E-state index contributed by atoms with van der Waals surface area (Å²) in [5, 5.41) is 6.54. The molecule has 4 nitrogen and oxygen atoms in total. The fraction of sp³-hybridized carbons (Fsp3) is 0.250. The van der Waals surface area contributed by atoms with Crippen molar-refractivity contribution in [3.05, 3.63) is 56.4 Å². The molecule has 0 radical (unpaired) electrons. The molecule has 0 unspecified atom stereocenters. The Morgan fingerprint density at radius 1 is 1.23 bits per heavy atom. The van der Waals surface area contributed by atoms with E-state index in [1.165, 1.54) is 4.88 Å². The predicted octanol–water partition coefficient (Wildman–Crippen LogP) is 4.41. The van der Waals surface area contributed by atoms with Gasteiger partial charge in [0.15, 0.2) is 0 Å². The highest BCUT2D eigenvalue weighted by molar-refractivity contribution is 7.11. The van der Waals surface area contributed by atoms with Crippen molar-refractivity contribution in [3.8, 4) is 5.75 Å². The second-order valence-electron chi connectivity index (χ2n) is 4.86. The lowest BCUT2D eigenvalue weighted by atomic mass is 10.3. The summed E-state index contributed by atoms with van der Waals surface area (Å²) in [7, 11) is 0. The minimum absolute atomic E-state index is 0.487. The zero-order valence-electron chi connectivity index (χ0n) is 12.5. The highest BCUT2D eigenvalue weighted by Gasteiger charge is 2.07. The third-order valence-corrected chi connectivity index (χ3v) is 4.89. The van der Waals surface area contributed by atoms with Crippen LogP contribution in [0.15, 0.2) is 35.2 Å². The van der Waals surface area contributed by atoms with E-state index in [4.69, 9.17) is 4.74 Å². The number of nitrogens with one attached hydrogen (secondary N) is 1. The van der Waals surface area contributed by atoms with Crippen molar-refractivity contribution in [2.45, 2.75) is 27.0 Å². The van der Waals surface area contributed by atoms with Gasteiger partial charge in [-0.05, 0) is 26.0 Å². The Labute approximate surface area is 137 Å². The molecule has 1 N–H and O–H groups in total. The monoisotopic (exact) mass is 331 g/mol. The first kappa shape index (κ1) is 15.0. The van der Waals surface area contributed by atoms with Crippen molar-refractivity contribution >= 4 is 28.4 Å². The van der Waals surface area contributed by atoms with Gasteiger partial charge in [0.05, 0.1) is 34.1 Å². The van der Waals surface area contributed by atoms with Gasteiger partial charge < -0.3 is 10.1 Å². The highest BCUT2D eigenvalue weighted by Crippen LogP contribution is 2.26. The maximum atomic E-state index is 5.87. The molecule has 6 heteroatoms. The summed E-state index contributed by atoms with van der Waals surface area (Å²) in [6, 6.07) is 7.98. The summed E-state index contributed by atoms with van der Waals surface area (Å²) in [5.74, 6) is 0.842. The number of aromatic nitrogens is 2. The van der Waals surface area contributed by atoms with Crippen LogP contribution in [-0.2, 0) is 13.2 Å². The third-order valence-electron chi connectivity index (χ3n) is 3.19. The van der Waals surface area contributed by atoms with Gasteiger partial charge in [-0.15, -0.1) is 22.7 Å². The van der Waals surface area contributed by atoms with Crippen LogP contribution in [-0.4, -0.2) is 9.97 Å². The zero-order chi connectivity index (χ0) is 15.4. The minimum Gasteiger partial charge on any atom is -0.485 e. The molecule has 0 aliphatic carbocycles. The van der Waals surface area contributed by atoms with Crippen molar-refractivity contribution in [3.63, 3.8) is 0 Å². The summed E-state index contributed by atoms with van der Waals surface area (Å²) >= 11 is 3.31. The molecule has 0 fully saturated rings. The van der Waals surface area contributed by atoms with Crippen LogP contribution in [0.25, 0.3) is 0 Å². The molecule has 3 aromatic rings. The molecule has 114 valence electrons. The number of thiazole rings is 2. The Hall–Kier alpha value is -1.92. The zero-order valence-corrected chi connectivity index (χ0v) is 14.1. The molecule has 2 heterocycles. The van der Waals surface area contributed by atoms with E-state index in [9.17, 15) is 0 Å². The van der Waals surface area contributed by atoms with Crippen LogP contribution in [0.1, 0.15) is 21.3 Å². The number of hydrogen-bond acceptors (Lipinski definition) is 6. The van der Waals surface area contributed by atoms with Gasteiger partial charge >= 0.3 is 0 Å². The van der Waals surface area contributed by atoms with Gasteiger partial charge in [0.25, 0.3) is 0 Å². The Bertz CT molecular complexity index is 738. The molecule has 2 aromatic heterocycles. The Morgan fingerprint density at radius 2 is 2.09 bits per heavy atom. The van der Waals surface area contributed by atoms with E-state index in [0.29, 0.717) is 6.61 Å². The number of ether oxygens (including phenoxy) is 1. The summed E-state index contributed by atoms with van der Waals surface area (Å²) in [4.78, 5) is 9.95. The Kier molecular flexibility index (Phi) is 4.70. The molecule has 0 saturated carbocycles. The lowest BCUT2D eigenvalue weighted by Gasteiger charge is -2.12. The number of anilines is 1.